The highest BCUT2D eigenvalue weighted by molar-refractivity contribution is 7.14. The van der Waals surface area contributed by atoms with E-state index in [0.717, 1.165) is 25.9 Å². The summed E-state index contributed by atoms with van der Waals surface area (Å²) in [5, 5.41) is 7.58. The van der Waals surface area contributed by atoms with Crippen LogP contribution in [0.15, 0.2) is 28.2 Å². The molecule has 0 radical (unpaired) electrons. The molecule has 2 aromatic rings. The number of hydrogen-bond donors (Lipinski definition) is 2. The fraction of sp³-hybridized carbons (Fsp3) is 0.474. The number of furan rings is 1. The van der Waals surface area contributed by atoms with Crippen LogP contribution in [0, 0.1) is 5.92 Å². The number of carbonyl (C=O) groups excluding carboxylic acids is 3. The molecule has 9 heteroatoms. The second-order valence-electron chi connectivity index (χ2n) is 7.07. The van der Waals surface area contributed by atoms with E-state index in [1.807, 2.05) is 18.7 Å². The van der Waals surface area contributed by atoms with Crippen LogP contribution < -0.4 is 10.6 Å². The van der Waals surface area contributed by atoms with E-state index >= 15 is 0 Å². The molecule has 0 aromatic carbocycles. The lowest BCUT2D eigenvalue weighted by Crippen LogP contribution is -2.50. The zero-order valence-corrected chi connectivity index (χ0v) is 16.8. The summed E-state index contributed by atoms with van der Waals surface area (Å²) in [6, 6.07) is 2.64. The Morgan fingerprint density at radius 1 is 1.29 bits per heavy atom. The van der Waals surface area contributed by atoms with Crippen molar-refractivity contribution in [2.45, 2.75) is 39.2 Å². The Hall–Kier alpha value is -2.68. The van der Waals surface area contributed by atoms with Crippen molar-refractivity contribution in [2.75, 3.05) is 18.4 Å². The Morgan fingerprint density at radius 3 is 2.68 bits per heavy atom. The zero-order chi connectivity index (χ0) is 20.1. The van der Waals surface area contributed by atoms with E-state index in [4.69, 9.17) is 4.42 Å². The lowest BCUT2D eigenvalue weighted by Gasteiger charge is -2.26. The molecule has 0 saturated carbocycles. The van der Waals surface area contributed by atoms with E-state index in [-0.39, 0.29) is 29.9 Å². The molecule has 0 spiro atoms. The Morgan fingerprint density at radius 2 is 2.04 bits per heavy atom. The van der Waals surface area contributed by atoms with Gasteiger partial charge in [0.05, 0.1) is 18.4 Å². The smallest absolute Gasteiger partial charge is 0.293 e. The van der Waals surface area contributed by atoms with Crippen LogP contribution in [0.5, 0.6) is 0 Å². The number of nitrogens with zero attached hydrogens (tertiary/aromatic N) is 2. The van der Waals surface area contributed by atoms with Crippen LogP contribution in [0.4, 0.5) is 5.13 Å². The second-order valence-corrected chi connectivity index (χ2v) is 7.93. The fourth-order valence-electron chi connectivity index (χ4n) is 3.05. The van der Waals surface area contributed by atoms with Crippen LogP contribution in [0.1, 0.15) is 42.9 Å². The number of amides is 3. The van der Waals surface area contributed by atoms with Gasteiger partial charge in [0.15, 0.2) is 10.9 Å². The van der Waals surface area contributed by atoms with Crippen molar-refractivity contribution in [3.63, 3.8) is 0 Å². The third kappa shape index (κ3) is 4.98. The fourth-order valence-corrected chi connectivity index (χ4v) is 3.75. The normalized spacial score (nSPS) is 14.9. The molecule has 0 unspecified atom stereocenters. The summed E-state index contributed by atoms with van der Waals surface area (Å²) in [5.41, 5.74) is 0.536. The van der Waals surface area contributed by atoms with Crippen molar-refractivity contribution in [3.8, 4) is 0 Å². The molecule has 8 nitrogen and oxygen atoms in total. The standard InChI is InChI=1S/C19H24N4O4S/c1-12(2)16(18(26)23-7-3-4-8-23)21-15(24)10-13-11-28-19(20-13)22-17(25)14-6-5-9-27-14/h5-6,9,11-12,16H,3-4,7-8,10H2,1-2H3,(H,21,24)(H,20,22,25)/t16-/m0/s1. The van der Waals surface area contributed by atoms with Gasteiger partial charge >= 0.3 is 0 Å². The maximum atomic E-state index is 12.7. The monoisotopic (exact) mass is 404 g/mol. The van der Waals surface area contributed by atoms with E-state index in [1.54, 1.807) is 17.5 Å². The number of thiazole rings is 1. The summed E-state index contributed by atoms with van der Waals surface area (Å²) in [5.74, 6) is -0.497. The van der Waals surface area contributed by atoms with Crippen molar-refractivity contribution >= 4 is 34.2 Å². The molecule has 1 saturated heterocycles. The quantitative estimate of drug-likeness (QED) is 0.737. The molecular formula is C19H24N4O4S. The maximum Gasteiger partial charge on any atom is 0.293 e. The first-order valence-electron chi connectivity index (χ1n) is 9.31. The van der Waals surface area contributed by atoms with Crippen molar-refractivity contribution < 1.29 is 18.8 Å². The minimum atomic E-state index is -0.539. The number of hydrogen-bond acceptors (Lipinski definition) is 6. The van der Waals surface area contributed by atoms with Crippen LogP contribution >= 0.6 is 11.3 Å². The Bertz CT molecular complexity index is 825. The van der Waals surface area contributed by atoms with Gasteiger partial charge in [0.1, 0.15) is 6.04 Å². The summed E-state index contributed by atoms with van der Waals surface area (Å²) in [7, 11) is 0. The molecule has 1 atom stereocenters. The molecule has 0 bridgehead atoms. The Labute approximate surface area is 167 Å². The summed E-state index contributed by atoms with van der Waals surface area (Å²) < 4.78 is 5.03. The van der Waals surface area contributed by atoms with Crippen LogP contribution in [-0.4, -0.2) is 46.7 Å². The topological polar surface area (TPSA) is 105 Å². The largest absolute Gasteiger partial charge is 0.459 e. The summed E-state index contributed by atoms with van der Waals surface area (Å²) >= 11 is 1.23. The van der Waals surface area contributed by atoms with E-state index < -0.39 is 11.9 Å². The van der Waals surface area contributed by atoms with Crippen LogP contribution in [0.25, 0.3) is 0 Å². The van der Waals surface area contributed by atoms with Gasteiger partial charge in [-0.15, -0.1) is 11.3 Å². The predicted octanol–water partition coefficient (Wildman–Crippen LogP) is 2.29. The van der Waals surface area contributed by atoms with Gasteiger partial charge in [-0.1, -0.05) is 13.8 Å². The van der Waals surface area contributed by atoms with Crippen LogP contribution in [-0.2, 0) is 16.0 Å². The van der Waals surface area contributed by atoms with Crippen molar-refractivity contribution in [3.05, 3.63) is 35.2 Å². The molecule has 150 valence electrons. The third-order valence-corrected chi connectivity index (χ3v) is 5.33. The average Bonchev–Trinajstić information content (AvgIpc) is 3.40. The molecule has 3 heterocycles. The molecule has 2 N–H and O–H groups in total. The van der Waals surface area contributed by atoms with Gasteiger partial charge in [-0.25, -0.2) is 4.98 Å². The molecule has 2 aromatic heterocycles. The van der Waals surface area contributed by atoms with Gasteiger partial charge in [-0.2, -0.15) is 0 Å². The number of rotatable bonds is 7. The maximum absolute atomic E-state index is 12.7. The van der Waals surface area contributed by atoms with E-state index in [2.05, 4.69) is 15.6 Å². The number of aromatic nitrogens is 1. The van der Waals surface area contributed by atoms with Crippen molar-refractivity contribution in [1.82, 2.24) is 15.2 Å². The third-order valence-electron chi connectivity index (χ3n) is 4.53. The second kappa shape index (κ2) is 9.01. The molecule has 3 rings (SSSR count). The number of anilines is 1. The molecule has 0 aliphatic carbocycles. The van der Waals surface area contributed by atoms with Crippen LogP contribution in [0.2, 0.25) is 0 Å². The Kier molecular flexibility index (Phi) is 6.45. The van der Waals surface area contributed by atoms with Gasteiger partial charge in [0.2, 0.25) is 11.8 Å². The molecule has 3 amide bonds. The highest BCUT2D eigenvalue weighted by atomic mass is 32.1. The highest BCUT2D eigenvalue weighted by Gasteiger charge is 2.30. The lowest BCUT2D eigenvalue weighted by molar-refractivity contribution is -0.136. The van der Waals surface area contributed by atoms with Gasteiger partial charge in [-0.05, 0) is 30.9 Å². The minimum Gasteiger partial charge on any atom is -0.459 e. The van der Waals surface area contributed by atoms with Crippen LogP contribution in [0.3, 0.4) is 0 Å². The lowest BCUT2D eigenvalue weighted by atomic mass is 10.0. The first-order valence-corrected chi connectivity index (χ1v) is 10.2. The Balaban J connectivity index is 1.55. The summed E-state index contributed by atoms with van der Waals surface area (Å²) in [4.78, 5) is 43.1. The molecular weight excluding hydrogens is 380 g/mol. The average molecular weight is 404 g/mol. The first-order chi connectivity index (χ1) is 13.4. The molecule has 1 aliphatic rings. The van der Waals surface area contributed by atoms with Gasteiger partial charge in [-0.3, -0.25) is 19.7 Å². The summed E-state index contributed by atoms with van der Waals surface area (Å²) in [6.07, 6.45) is 3.48. The number of likely N-dealkylation sites (tertiary alicyclic amines) is 1. The predicted molar refractivity (Wildman–Crippen MR) is 105 cm³/mol. The molecule has 1 aliphatic heterocycles. The first kappa shape index (κ1) is 20.1. The van der Waals surface area contributed by atoms with E-state index in [0.29, 0.717) is 10.8 Å². The molecule has 1 fully saturated rings. The summed E-state index contributed by atoms with van der Waals surface area (Å²) in [6.45, 7) is 5.35. The van der Waals surface area contributed by atoms with Crippen molar-refractivity contribution in [2.24, 2.45) is 5.92 Å². The van der Waals surface area contributed by atoms with E-state index in [1.165, 1.54) is 17.6 Å². The highest BCUT2D eigenvalue weighted by Crippen LogP contribution is 2.18. The van der Waals surface area contributed by atoms with E-state index in [9.17, 15) is 14.4 Å². The van der Waals surface area contributed by atoms with Gasteiger partial charge in [0.25, 0.3) is 5.91 Å². The number of carbonyl (C=O) groups is 3. The zero-order valence-electron chi connectivity index (χ0n) is 15.9. The van der Waals surface area contributed by atoms with Gasteiger partial charge < -0.3 is 14.6 Å². The molecule has 28 heavy (non-hydrogen) atoms. The minimum absolute atomic E-state index is 0.00405. The number of nitrogens with one attached hydrogen (secondary N) is 2. The van der Waals surface area contributed by atoms with Crippen molar-refractivity contribution in [1.29, 1.82) is 0 Å². The van der Waals surface area contributed by atoms with Gasteiger partial charge in [0, 0.05) is 18.5 Å². The SMILES string of the molecule is CC(C)[C@H](NC(=O)Cc1csc(NC(=O)c2ccco2)n1)C(=O)N1CCCC1.